The summed E-state index contributed by atoms with van der Waals surface area (Å²) in [7, 11) is 0. The zero-order valence-corrected chi connectivity index (χ0v) is 28.6. The molecule has 2 amide bonds. The summed E-state index contributed by atoms with van der Waals surface area (Å²) in [6.45, 7) is 20.3. The van der Waals surface area contributed by atoms with Crippen molar-refractivity contribution in [2.75, 3.05) is 10.6 Å². The predicted molar refractivity (Wildman–Crippen MR) is 181 cm³/mol. The van der Waals surface area contributed by atoms with Gasteiger partial charge in [-0.05, 0) is 45.9 Å². The van der Waals surface area contributed by atoms with E-state index >= 15 is 0 Å². The quantitative estimate of drug-likeness (QED) is 0.302. The van der Waals surface area contributed by atoms with E-state index in [1.807, 2.05) is 0 Å². The van der Waals surface area contributed by atoms with Crippen LogP contribution in [0, 0.1) is 0 Å². The summed E-state index contributed by atoms with van der Waals surface area (Å²) in [4.78, 5) is 22.5. The normalized spacial score (nSPS) is 11.9. The number of carbonyl (C=O) groups excluding carboxylic acids is 2. The number of hydrogen-bond donors (Lipinski definition) is 2. The molecule has 0 fully saturated rings. The number of rotatable bonds is 6. The van der Waals surface area contributed by atoms with Crippen molar-refractivity contribution in [2.45, 2.75) is 100 Å². The van der Waals surface area contributed by atoms with Gasteiger partial charge in [0.05, 0.1) is 0 Å². The molecule has 0 aliphatic heterocycles. The number of hydrogen-bond acceptors (Lipinski definition) is 2. The van der Waals surface area contributed by atoms with Crippen LogP contribution in [0.15, 0.2) is 36.4 Å². The van der Waals surface area contributed by atoms with Crippen LogP contribution in [0.4, 0.5) is 11.4 Å². The molecule has 2 N–H and O–H groups in total. The van der Waals surface area contributed by atoms with E-state index in [0.29, 0.717) is 23.7 Å². The number of halogens is 5. The third-order valence-corrected chi connectivity index (χ3v) is 5.35. The molecule has 39 heavy (non-hydrogen) atoms. The van der Waals surface area contributed by atoms with Crippen LogP contribution in [0.5, 0.6) is 0 Å². The Morgan fingerprint density at radius 2 is 0.744 bits per heavy atom. The van der Waals surface area contributed by atoms with Gasteiger partial charge >= 0.3 is 59.6 Å². The molecule has 2 aromatic carbocycles. The second-order valence-electron chi connectivity index (χ2n) is 10.2. The average Bonchev–Trinajstić information content (AvgIpc) is 2.71. The third-order valence-electron chi connectivity index (χ3n) is 5.35. The van der Waals surface area contributed by atoms with Crippen molar-refractivity contribution in [1.29, 1.82) is 0 Å². The third kappa shape index (κ3) is 17.6. The second kappa shape index (κ2) is 17.3. The van der Waals surface area contributed by atoms with E-state index in [1.54, 1.807) is 13.8 Å². The molecule has 2 rings (SSSR count). The Kier molecular flexibility index (Phi) is 17.9. The van der Waals surface area contributed by atoms with Gasteiger partial charge in [0.2, 0.25) is 11.8 Å². The molecule has 0 heterocycles. The first-order chi connectivity index (χ1) is 17.1. The van der Waals surface area contributed by atoms with Gasteiger partial charge in [-0.3, -0.25) is 9.59 Å². The zero-order chi connectivity index (χ0) is 30.0. The van der Waals surface area contributed by atoms with Crippen LogP contribution in [0.3, 0.4) is 0 Å². The number of nitrogens with one attached hydrogen (secondary N) is 2. The fraction of sp³-hybridized carbons (Fsp3) is 0.517. The molecule has 0 aliphatic carbocycles. The fourth-order valence-corrected chi connectivity index (χ4v) is 3.74. The molecule has 0 aliphatic rings. The minimum atomic E-state index is -3.69. The molecule has 0 bridgehead atoms. The molecular weight excluding hydrogens is 617 g/mol. The topological polar surface area (TPSA) is 58.2 Å². The van der Waals surface area contributed by atoms with Gasteiger partial charge in [0, 0.05) is 25.2 Å². The monoisotopic (exact) mass is 660 g/mol. The molecule has 0 aromatic heterocycles. The molecule has 0 atom stereocenters. The Labute approximate surface area is 260 Å². The Bertz CT molecular complexity index is 934. The van der Waals surface area contributed by atoms with Crippen molar-refractivity contribution in [1.82, 2.24) is 0 Å². The van der Waals surface area contributed by atoms with E-state index in [9.17, 15) is 9.59 Å². The second-order valence-corrected chi connectivity index (χ2v) is 26.9. The number of para-hydroxylation sites is 2. The average molecular weight is 663 g/mol. The Hall–Kier alpha value is -0.740. The van der Waals surface area contributed by atoms with E-state index in [-0.39, 0.29) is 19.2 Å². The van der Waals surface area contributed by atoms with Gasteiger partial charge in [-0.1, -0.05) is 99.2 Å². The predicted octanol–water partition coefficient (Wildman–Crippen LogP) is 12.7. The number of amides is 2. The van der Waals surface area contributed by atoms with Crippen LogP contribution in [0.1, 0.15) is 123 Å². The minimum absolute atomic E-state index is 0. The van der Waals surface area contributed by atoms with E-state index in [0.717, 1.165) is 11.4 Å². The van der Waals surface area contributed by atoms with Gasteiger partial charge in [0.25, 0.3) is 0 Å². The van der Waals surface area contributed by atoms with Crippen molar-refractivity contribution in [2.24, 2.45) is 0 Å². The summed E-state index contributed by atoms with van der Waals surface area (Å²) in [5, 5.41) is 5.93. The molecular formula is C29H46Cl5N2O2P. The summed E-state index contributed by atoms with van der Waals surface area (Å²) in [6.07, 6.45) is 0. The van der Waals surface area contributed by atoms with E-state index in [1.165, 1.54) is 22.3 Å². The summed E-state index contributed by atoms with van der Waals surface area (Å²) in [5.41, 5.74) is 6.84. The van der Waals surface area contributed by atoms with Gasteiger partial charge < -0.3 is 10.6 Å². The van der Waals surface area contributed by atoms with E-state index in [4.69, 9.17) is 56.2 Å². The Balaban J connectivity index is 0. The van der Waals surface area contributed by atoms with Crippen molar-refractivity contribution in [3.8, 4) is 0 Å². The first-order valence-corrected chi connectivity index (χ1v) is 19.3. The standard InChI is InChI=1S/2C14H21NO.CH4.Cl5P/c2*1-9(2)12-7-6-8-13(10(3)4)14(12)15-11(5)16;;1-6(2,3,4)5/h2*6-10H,1-5H3,(H,15,16);1H4;. The molecule has 0 radical (unpaired) electrons. The first kappa shape index (κ1) is 40.4. The van der Waals surface area contributed by atoms with Crippen LogP contribution in [-0.4, -0.2) is 11.8 Å². The first-order valence-electron chi connectivity index (χ1n) is 12.5. The Morgan fingerprint density at radius 3 is 0.872 bits per heavy atom. The summed E-state index contributed by atoms with van der Waals surface area (Å²) in [5.74, 6) is 1.66. The number of anilines is 2. The van der Waals surface area contributed by atoms with E-state index < -0.39 is 3.37 Å². The molecule has 4 nitrogen and oxygen atoms in total. The van der Waals surface area contributed by atoms with Gasteiger partial charge in [-0.25, -0.2) is 0 Å². The van der Waals surface area contributed by atoms with Crippen LogP contribution < -0.4 is 10.6 Å². The molecule has 10 heteroatoms. The van der Waals surface area contributed by atoms with Crippen LogP contribution >= 0.6 is 59.6 Å². The summed E-state index contributed by atoms with van der Waals surface area (Å²) < 4.78 is -3.69. The molecule has 0 spiro atoms. The number of carbonyl (C=O) groups is 2. The van der Waals surface area contributed by atoms with Crippen molar-refractivity contribution in [3.63, 3.8) is 0 Å². The van der Waals surface area contributed by atoms with Crippen LogP contribution in [0.2, 0.25) is 0 Å². The molecule has 0 unspecified atom stereocenters. The molecule has 0 saturated carbocycles. The van der Waals surface area contributed by atoms with Crippen LogP contribution in [-0.2, 0) is 9.59 Å². The summed E-state index contributed by atoms with van der Waals surface area (Å²) >= 11 is 24.9. The SMILES string of the molecule is C.CC(=O)Nc1c(C(C)C)cccc1C(C)C.CC(=O)Nc1c(C(C)C)cccc1C(C)C.ClP(Cl)(Cl)(Cl)Cl. The molecule has 224 valence electrons. The van der Waals surface area contributed by atoms with Crippen molar-refractivity contribution >= 4 is 82.8 Å². The van der Waals surface area contributed by atoms with Gasteiger partial charge in [-0.15, -0.1) is 0 Å². The van der Waals surface area contributed by atoms with Gasteiger partial charge in [-0.2, -0.15) is 0 Å². The zero-order valence-electron chi connectivity index (χ0n) is 23.9. The van der Waals surface area contributed by atoms with Crippen LogP contribution in [0.25, 0.3) is 0 Å². The molecule has 0 saturated heterocycles. The van der Waals surface area contributed by atoms with Crippen molar-refractivity contribution in [3.05, 3.63) is 58.7 Å². The van der Waals surface area contributed by atoms with E-state index in [2.05, 4.69) is 102 Å². The van der Waals surface area contributed by atoms with Crippen molar-refractivity contribution < 1.29 is 9.59 Å². The van der Waals surface area contributed by atoms with Gasteiger partial charge in [0.1, 0.15) is 0 Å². The summed E-state index contributed by atoms with van der Waals surface area (Å²) in [6, 6.07) is 12.5. The van der Waals surface area contributed by atoms with Gasteiger partial charge in [0.15, 0.2) is 0 Å². The molecule has 2 aromatic rings. The maximum atomic E-state index is 11.3. The Morgan fingerprint density at radius 1 is 0.564 bits per heavy atom. The maximum absolute atomic E-state index is 11.3. The number of benzene rings is 2. The fourth-order valence-electron chi connectivity index (χ4n) is 3.74.